The Kier molecular flexibility index (Phi) is 7.11. The van der Waals surface area contributed by atoms with E-state index < -0.39 is 0 Å². The van der Waals surface area contributed by atoms with Crippen LogP contribution in [0.25, 0.3) is 0 Å². The van der Waals surface area contributed by atoms with Crippen molar-refractivity contribution in [3.05, 3.63) is 12.2 Å². The Hall–Kier alpha value is -0.340. The molecule has 0 amide bonds. The summed E-state index contributed by atoms with van der Waals surface area (Å²) in [6, 6.07) is 0. The molecule has 72 valence electrons. The second kappa shape index (κ2) is 7.32. The van der Waals surface area contributed by atoms with Crippen LogP contribution in [0.15, 0.2) is 12.2 Å². The Morgan fingerprint density at radius 2 is 2.08 bits per heavy atom. The summed E-state index contributed by atoms with van der Waals surface area (Å²) in [7, 11) is 1.61. The molecule has 0 bridgehead atoms. The molecular formula is C10H20O2. The van der Waals surface area contributed by atoms with Crippen molar-refractivity contribution < 1.29 is 9.84 Å². The average molecular weight is 172 g/mol. The van der Waals surface area contributed by atoms with Gasteiger partial charge in [-0.25, -0.2) is 0 Å². The quantitative estimate of drug-likeness (QED) is 0.622. The Balaban J connectivity index is 3.48. The molecule has 1 N–H and O–H groups in total. The summed E-state index contributed by atoms with van der Waals surface area (Å²) in [6.45, 7) is 4.01. The molecule has 0 fully saturated rings. The molecule has 0 aliphatic rings. The van der Waals surface area contributed by atoms with Crippen molar-refractivity contribution in [1.29, 1.82) is 0 Å². The van der Waals surface area contributed by atoms with Gasteiger partial charge in [-0.2, -0.15) is 0 Å². The van der Waals surface area contributed by atoms with Gasteiger partial charge in [0, 0.05) is 7.11 Å². The lowest BCUT2D eigenvalue weighted by Crippen LogP contribution is -2.23. The van der Waals surface area contributed by atoms with Crippen LogP contribution < -0.4 is 0 Å². The molecule has 2 atom stereocenters. The third kappa shape index (κ3) is 5.33. The lowest BCUT2D eigenvalue weighted by Gasteiger charge is -2.14. The fourth-order valence-electron chi connectivity index (χ4n) is 0.869. The van der Waals surface area contributed by atoms with E-state index >= 15 is 0 Å². The van der Waals surface area contributed by atoms with Crippen molar-refractivity contribution in [1.82, 2.24) is 0 Å². The van der Waals surface area contributed by atoms with E-state index in [9.17, 15) is 5.11 Å². The Labute approximate surface area is 75.2 Å². The summed E-state index contributed by atoms with van der Waals surface area (Å²) in [4.78, 5) is 0. The normalized spacial score (nSPS) is 16.7. The zero-order valence-corrected chi connectivity index (χ0v) is 8.29. The van der Waals surface area contributed by atoms with Crippen LogP contribution in [0.2, 0.25) is 0 Å². The topological polar surface area (TPSA) is 29.5 Å². The molecule has 0 aliphatic heterocycles. The number of rotatable bonds is 6. The number of hydrogen-bond acceptors (Lipinski definition) is 2. The number of hydrogen-bond donors (Lipinski definition) is 1. The lowest BCUT2D eigenvalue weighted by atomic mass is 10.1. The van der Waals surface area contributed by atoms with Gasteiger partial charge in [0.2, 0.25) is 0 Å². The Morgan fingerprint density at radius 1 is 1.42 bits per heavy atom. The number of ether oxygens (including phenoxy) is 1. The third-order valence-electron chi connectivity index (χ3n) is 1.91. The maximum atomic E-state index is 9.44. The third-order valence-corrected chi connectivity index (χ3v) is 1.91. The number of unbranched alkanes of at least 4 members (excludes halogenated alkanes) is 1. The predicted molar refractivity (Wildman–Crippen MR) is 51.1 cm³/mol. The molecule has 0 radical (unpaired) electrons. The molecule has 2 unspecified atom stereocenters. The predicted octanol–water partition coefficient (Wildman–Crippen LogP) is 2.13. The molecule has 0 aromatic heterocycles. The maximum Gasteiger partial charge on any atom is 0.0833 e. The van der Waals surface area contributed by atoms with E-state index in [-0.39, 0.29) is 12.2 Å². The second-order valence-electron chi connectivity index (χ2n) is 3.00. The van der Waals surface area contributed by atoms with E-state index in [4.69, 9.17) is 4.74 Å². The van der Waals surface area contributed by atoms with Crippen LogP contribution in [0.3, 0.4) is 0 Å². The second-order valence-corrected chi connectivity index (χ2v) is 3.00. The van der Waals surface area contributed by atoms with E-state index in [0.717, 1.165) is 12.8 Å². The number of methoxy groups -OCH3 is 1. The minimum Gasteiger partial charge on any atom is -0.390 e. The highest BCUT2D eigenvalue weighted by molar-refractivity contribution is 4.85. The first-order chi connectivity index (χ1) is 5.72. The van der Waals surface area contributed by atoms with Crippen molar-refractivity contribution >= 4 is 0 Å². The SMILES string of the molecule is CCC/C=C/CC(O)C(C)OC. The lowest BCUT2D eigenvalue weighted by molar-refractivity contribution is 0.00173. The molecular weight excluding hydrogens is 152 g/mol. The monoisotopic (exact) mass is 172 g/mol. The minimum atomic E-state index is -0.372. The van der Waals surface area contributed by atoms with Crippen molar-refractivity contribution in [3.63, 3.8) is 0 Å². The highest BCUT2D eigenvalue weighted by Crippen LogP contribution is 2.03. The minimum absolute atomic E-state index is 0.0729. The summed E-state index contributed by atoms with van der Waals surface area (Å²) in [5, 5.41) is 9.44. The van der Waals surface area contributed by atoms with Crippen molar-refractivity contribution in [2.45, 2.75) is 45.3 Å². The van der Waals surface area contributed by atoms with Crippen molar-refractivity contribution in [3.8, 4) is 0 Å². The Bertz CT molecular complexity index is 121. The van der Waals surface area contributed by atoms with Crippen LogP contribution in [0, 0.1) is 0 Å². The highest BCUT2D eigenvalue weighted by Gasteiger charge is 2.10. The largest absolute Gasteiger partial charge is 0.390 e. The molecule has 0 aromatic carbocycles. The van der Waals surface area contributed by atoms with Crippen LogP contribution in [-0.4, -0.2) is 24.4 Å². The molecule has 0 spiro atoms. The molecule has 0 saturated heterocycles. The van der Waals surface area contributed by atoms with Crippen LogP contribution in [0.1, 0.15) is 33.1 Å². The van der Waals surface area contributed by atoms with Crippen LogP contribution in [0.4, 0.5) is 0 Å². The van der Waals surface area contributed by atoms with Gasteiger partial charge in [-0.3, -0.25) is 0 Å². The van der Waals surface area contributed by atoms with Crippen LogP contribution in [-0.2, 0) is 4.74 Å². The van der Waals surface area contributed by atoms with Crippen LogP contribution >= 0.6 is 0 Å². The number of aliphatic hydroxyl groups excluding tert-OH is 1. The molecule has 0 saturated carbocycles. The Morgan fingerprint density at radius 3 is 2.58 bits per heavy atom. The van der Waals surface area contributed by atoms with E-state index in [2.05, 4.69) is 13.0 Å². The van der Waals surface area contributed by atoms with Crippen molar-refractivity contribution in [2.24, 2.45) is 0 Å². The van der Waals surface area contributed by atoms with Gasteiger partial charge < -0.3 is 9.84 Å². The molecule has 0 aromatic rings. The van der Waals surface area contributed by atoms with Gasteiger partial charge in [0.1, 0.15) is 0 Å². The van der Waals surface area contributed by atoms with E-state index in [1.54, 1.807) is 7.11 Å². The maximum absolute atomic E-state index is 9.44. The van der Waals surface area contributed by atoms with Gasteiger partial charge in [-0.1, -0.05) is 25.5 Å². The number of allylic oxidation sites excluding steroid dienone is 1. The fourth-order valence-corrected chi connectivity index (χ4v) is 0.869. The van der Waals surface area contributed by atoms with E-state index in [1.165, 1.54) is 0 Å². The van der Waals surface area contributed by atoms with Gasteiger partial charge >= 0.3 is 0 Å². The van der Waals surface area contributed by atoms with E-state index in [0.29, 0.717) is 6.42 Å². The first-order valence-electron chi connectivity index (χ1n) is 4.58. The molecule has 0 rings (SSSR count). The van der Waals surface area contributed by atoms with Gasteiger partial charge in [0.25, 0.3) is 0 Å². The zero-order valence-electron chi connectivity index (χ0n) is 8.29. The summed E-state index contributed by atoms with van der Waals surface area (Å²) >= 11 is 0. The average Bonchev–Trinajstić information content (AvgIpc) is 2.10. The molecule has 12 heavy (non-hydrogen) atoms. The standard InChI is InChI=1S/C10H20O2/c1-4-5-6-7-8-10(11)9(2)12-3/h6-7,9-11H,4-5,8H2,1-3H3/b7-6+. The molecule has 0 aliphatic carbocycles. The highest BCUT2D eigenvalue weighted by atomic mass is 16.5. The molecule has 2 nitrogen and oxygen atoms in total. The molecule has 0 heterocycles. The fraction of sp³-hybridized carbons (Fsp3) is 0.800. The van der Waals surface area contributed by atoms with Crippen LogP contribution in [0.5, 0.6) is 0 Å². The number of aliphatic hydroxyl groups is 1. The summed E-state index contributed by atoms with van der Waals surface area (Å²) in [5.74, 6) is 0. The van der Waals surface area contributed by atoms with Crippen molar-refractivity contribution in [2.75, 3.05) is 7.11 Å². The zero-order chi connectivity index (χ0) is 9.40. The molecule has 2 heteroatoms. The summed E-state index contributed by atoms with van der Waals surface area (Å²) in [6.07, 6.45) is 6.62. The van der Waals surface area contributed by atoms with Gasteiger partial charge in [-0.05, 0) is 19.8 Å². The summed E-state index contributed by atoms with van der Waals surface area (Å²) < 4.78 is 4.99. The first kappa shape index (κ1) is 11.7. The smallest absolute Gasteiger partial charge is 0.0833 e. The first-order valence-corrected chi connectivity index (χ1v) is 4.58. The van der Waals surface area contributed by atoms with Gasteiger partial charge in [0.05, 0.1) is 12.2 Å². The van der Waals surface area contributed by atoms with Gasteiger partial charge in [-0.15, -0.1) is 0 Å². The van der Waals surface area contributed by atoms with E-state index in [1.807, 2.05) is 13.0 Å². The van der Waals surface area contributed by atoms with Gasteiger partial charge in [0.15, 0.2) is 0 Å². The summed E-state index contributed by atoms with van der Waals surface area (Å²) in [5.41, 5.74) is 0.